The van der Waals surface area contributed by atoms with Crippen LogP contribution in [0.3, 0.4) is 0 Å². The highest BCUT2D eigenvalue weighted by atomic mass is 79.9. The highest BCUT2D eigenvalue weighted by Crippen LogP contribution is 2.29. The van der Waals surface area contributed by atoms with Gasteiger partial charge in [-0.25, -0.2) is 4.39 Å². The van der Waals surface area contributed by atoms with Crippen molar-refractivity contribution in [2.75, 3.05) is 7.11 Å². The van der Waals surface area contributed by atoms with E-state index in [1.165, 1.54) is 12.1 Å². The van der Waals surface area contributed by atoms with Crippen LogP contribution in [0.25, 0.3) is 0 Å². The number of ether oxygens (including phenoxy) is 1. The Bertz CT molecular complexity index is 619. The van der Waals surface area contributed by atoms with Gasteiger partial charge in [0.2, 0.25) is 0 Å². The Balaban J connectivity index is 2.21. The molecule has 2 aromatic rings. The van der Waals surface area contributed by atoms with Gasteiger partial charge in [0.05, 0.1) is 11.6 Å². The summed E-state index contributed by atoms with van der Waals surface area (Å²) in [4.78, 5) is 0. The van der Waals surface area contributed by atoms with Gasteiger partial charge in [0.15, 0.2) is 0 Å². The third-order valence-electron chi connectivity index (χ3n) is 3.05. The van der Waals surface area contributed by atoms with Gasteiger partial charge in [-0.3, -0.25) is 0 Å². The van der Waals surface area contributed by atoms with Crippen molar-refractivity contribution in [2.45, 2.75) is 12.5 Å². The number of hydrogen-bond acceptors (Lipinski definition) is 2. The number of nitrogens with two attached hydrogens (primary N) is 1. The Morgan fingerprint density at radius 2 is 1.90 bits per heavy atom. The molecule has 0 aliphatic heterocycles. The molecule has 2 nitrogen and oxygen atoms in total. The lowest BCUT2D eigenvalue weighted by Crippen LogP contribution is -2.14. The maximum Gasteiger partial charge on any atom is 0.133 e. The Hall–Kier alpha value is -0.910. The molecule has 0 fully saturated rings. The van der Waals surface area contributed by atoms with Crippen LogP contribution in [0.1, 0.15) is 17.2 Å². The minimum absolute atomic E-state index is 0.213. The summed E-state index contributed by atoms with van der Waals surface area (Å²) in [7, 11) is 1.61. The molecule has 20 heavy (non-hydrogen) atoms. The first-order chi connectivity index (χ1) is 9.51. The fraction of sp³-hybridized carbons (Fsp3) is 0.200. The molecule has 2 aromatic carbocycles. The van der Waals surface area contributed by atoms with Crippen LogP contribution in [0.15, 0.2) is 45.3 Å². The predicted molar refractivity (Wildman–Crippen MR) is 85.4 cm³/mol. The zero-order chi connectivity index (χ0) is 14.7. The molecular weight excluding hydrogens is 389 g/mol. The number of benzene rings is 2. The van der Waals surface area contributed by atoms with Gasteiger partial charge in [0.25, 0.3) is 0 Å². The topological polar surface area (TPSA) is 35.2 Å². The first kappa shape index (κ1) is 15.5. The summed E-state index contributed by atoms with van der Waals surface area (Å²) < 4.78 is 20.2. The van der Waals surface area contributed by atoms with E-state index in [1.54, 1.807) is 13.2 Å². The third-order valence-corrected chi connectivity index (χ3v) is 4.44. The summed E-state index contributed by atoms with van der Waals surface area (Å²) in [5.74, 6) is 0.499. The van der Waals surface area contributed by atoms with Crippen molar-refractivity contribution in [3.05, 3.63) is 62.3 Å². The van der Waals surface area contributed by atoms with Crippen LogP contribution in [-0.2, 0) is 6.42 Å². The summed E-state index contributed by atoms with van der Waals surface area (Å²) in [5, 5.41) is 0. The van der Waals surface area contributed by atoms with Crippen molar-refractivity contribution in [1.29, 1.82) is 0 Å². The van der Waals surface area contributed by atoms with E-state index in [9.17, 15) is 4.39 Å². The Labute approximate surface area is 134 Å². The molecule has 5 heteroatoms. The van der Waals surface area contributed by atoms with E-state index in [2.05, 4.69) is 31.9 Å². The van der Waals surface area contributed by atoms with Gasteiger partial charge in [0.1, 0.15) is 11.6 Å². The van der Waals surface area contributed by atoms with Gasteiger partial charge in [-0.2, -0.15) is 0 Å². The van der Waals surface area contributed by atoms with Gasteiger partial charge in [-0.1, -0.05) is 22.0 Å². The van der Waals surface area contributed by atoms with E-state index in [1.807, 2.05) is 18.2 Å². The van der Waals surface area contributed by atoms with Crippen molar-refractivity contribution in [2.24, 2.45) is 5.73 Å². The highest BCUT2D eigenvalue weighted by molar-refractivity contribution is 9.10. The second-order valence-corrected chi connectivity index (χ2v) is 6.15. The molecule has 0 aromatic heterocycles. The van der Waals surface area contributed by atoms with Crippen molar-refractivity contribution < 1.29 is 9.13 Å². The molecule has 0 saturated heterocycles. The van der Waals surface area contributed by atoms with Gasteiger partial charge in [0, 0.05) is 10.5 Å². The average molecular weight is 403 g/mol. The van der Waals surface area contributed by atoms with Gasteiger partial charge in [-0.15, -0.1) is 0 Å². The average Bonchev–Trinajstić information content (AvgIpc) is 2.42. The zero-order valence-electron chi connectivity index (χ0n) is 10.9. The Morgan fingerprint density at radius 1 is 1.15 bits per heavy atom. The van der Waals surface area contributed by atoms with Crippen molar-refractivity contribution in [1.82, 2.24) is 0 Å². The van der Waals surface area contributed by atoms with E-state index in [4.69, 9.17) is 10.5 Å². The normalized spacial score (nSPS) is 12.2. The predicted octanol–water partition coefficient (Wildman–Crippen LogP) is 4.60. The molecule has 0 saturated carbocycles. The molecule has 1 atom stereocenters. The van der Waals surface area contributed by atoms with Crippen molar-refractivity contribution in [3.8, 4) is 5.75 Å². The van der Waals surface area contributed by atoms with E-state index in [0.29, 0.717) is 6.42 Å². The molecule has 0 radical (unpaired) electrons. The van der Waals surface area contributed by atoms with Crippen molar-refractivity contribution in [3.63, 3.8) is 0 Å². The number of methoxy groups -OCH3 is 1. The molecule has 0 heterocycles. The van der Waals surface area contributed by atoms with E-state index in [0.717, 1.165) is 25.8 Å². The molecule has 0 bridgehead atoms. The van der Waals surface area contributed by atoms with E-state index in [-0.39, 0.29) is 11.9 Å². The monoisotopic (exact) mass is 401 g/mol. The van der Waals surface area contributed by atoms with Gasteiger partial charge < -0.3 is 10.5 Å². The van der Waals surface area contributed by atoms with E-state index >= 15 is 0 Å². The molecule has 0 aliphatic rings. The Morgan fingerprint density at radius 3 is 2.55 bits per heavy atom. The fourth-order valence-corrected chi connectivity index (χ4v) is 2.93. The highest BCUT2D eigenvalue weighted by Gasteiger charge is 2.12. The largest absolute Gasteiger partial charge is 0.496 e. The molecule has 106 valence electrons. The maximum absolute atomic E-state index is 13.3. The molecular formula is C15H14Br2FNO. The van der Waals surface area contributed by atoms with E-state index < -0.39 is 0 Å². The molecule has 0 aliphatic carbocycles. The SMILES string of the molecule is COc1ccc(C(N)Cc2cc(F)ccc2Br)cc1Br. The van der Waals surface area contributed by atoms with Crippen LogP contribution < -0.4 is 10.5 Å². The third kappa shape index (κ3) is 3.59. The Kier molecular flexibility index (Phi) is 5.18. The van der Waals surface area contributed by atoms with Crippen LogP contribution in [0.5, 0.6) is 5.75 Å². The van der Waals surface area contributed by atoms with Crippen LogP contribution in [-0.4, -0.2) is 7.11 Å². The van der Waals surface area contributed by atoms with Gasteiger partial charge >= 0.3 is 0 Å². The van der Waals surface area contributed by atoms with Crippen LogP contribution in [0.2, 0.25) is 0 Å². The quantitative estimate of drug-likeness (QED) is 0.810. The zero-order valence-corrected chi connectivity index (χ0v) is 14.0. The fourth-order valence-electron chi connectivity index (χ4n) is 1.97. The summed E-state index contributed by atoms with van der Waals surface area (Å²) >= 11 is 6.85. The first-order valence-electron chi connectivity index (χ1n) is 6.04. The summed E-state index contributed by atoms with van der Waals surface area (Å²) in [5.41, 5.74) is 8.02. The lowest BCUT2D eigenvalue weighted by atomic mass is 9.99. The lowest BCUT2D eigenvalue weighted by Gasteiger charge is -2.15. The van der Waals surface area contributed by atoms with Crippen LogP contribution in [0, 0.1) is 5.82 Å². The number of hydrogen-bond donors (Lipinski definition) is 1. The van der Waals surface area contributed by atoms with Crippen molar-refractivity contribution >= 4 is 31.9 Å². The molecule has 0 spiro atoms. The second kappa shape index (κ2) is 6.70. The van der Waals surface area contributed by atoms with Crippen LogP contribution in [0.4, 0.5) is 4.39 Å². The minimum Gasteiger partial charge on any atom is -0.496 e. The minimum atomic E-state index is -0.258. The maximum atomic E-state index is 13.3. The molecule has 2 rings (SSSR count). The summed E-state index contributed by atoms with van der Waals surface area (Å²) in [6.45, 7) is 0. The number of rotatable bonds is 4. The molecule has 2 N–H and O–H groups in total. The van der Waals surface area contributed by atoms with Crippen LogP contribution >= 0.6 is 31.9 Å². The second-order valence-electron chi connectivity index (χ2n) is 4.44. The molecule has 0 amide bonds. The summed E-state index contributed by atoms with van der Waals surface area (Å²) in [6.07, 6.45) is 0.553. The van der Waals surface area contributed by atoms with Gasteiger partial charge in [-0.05, 0) is 63.8 Å². The summed E-state index contributed by atoms with van der Waals surface area (Å²) in [6, 6.07) is 10.1. The smallest absolute Gasteiger partial charge is 0.133 e. The standard InChI is InChI=1S/C15H14Br2FNO/c1-20-15-5-2-9(7-13(15)17)14(19)8-10-6-11(18)3-4-12(10)16/h2-7,14H,8,19H2,1H3. The lowest BCUT2D eigenvalue weighted by molar-refractivity contribution is 0.412. The first-order valence-corrected chi connectivity index (χ1v) is 7.63. The molecule has 1 unspecified atom stereocenters. The number of halogens is 3.